The van der Waals surface area contributed by atoms with Gasteiger partial charge in [0.2, 0.25) is 6.39 Å². The number of nitrogens with zero attached hydrogens (tertiary/aromatic N) is 2. The van der Waals surface area contributed by atoms with Crippen LogP contribution in [0.5, 0.6) is 0 Å². The topological polar surface area (TPSA) is 51.0 Å². The highest BCUT2D eigenvalue weighted by atomic mass is 16.5. The van der Waals surface area contributed by atoms with Crippen molar-refractivity contribution in [2.24, 2.45) is 5.92 Å². The Balaban J connectivity index is 1.63. The molecule has 1 atom stereocenters. The summed E-state index contributed by atoms with van der Waals surface area (Å²) in [6.45, 7) is 3.19. The van der Waals surface area contributed by atoms with Crippen molar-refractivity contribution in [1.29, 1.82) is 0 Å². The van der Waals surface area contributed by atoms with E-state index in [0.29, 0.717) is 6.04 Å². The molecular weight excluding hydrogens is 166 g/mol. The highest BCUT2D eigenvalue weighted by molar-refractivity contribution is 4.85. The van der Waals surface area contributed by atoms with Gasteiger partial charge in [0.25, 0.3) is 0 Å². The van der Waals surface area contributed by atoms with Gasteiger partial charge in [-0.1, -0.05) is 5.16 Å². The van der Waals surface area contributed by atoms with E-state index >= 15 is 0 Å². The van der Waals surface area contributed by atoms with Crippen LogP contribution in [0.1, 0.15) is 25.6 Å². The van der Waals surface area contributed by atoms with Crippen LogP contribution in [0.15, 0.2) is 10.9 Å². The van der Waals surface area contributed by atoms with Crippen LogP contribution in [0.3, 0.4) is 0 Å². The van der Waals surface area contributed by atoms with Gasteiger partial charge in [-0.05, 0) is 25.7 Å². The van der Waals surface area contributed by atoms with Crippen LogP contribution in [0.25, 0.3) is 0 Å². The Morgan fingerprint density at radius 2 is 2.54 bits per heavy atom. The molecule has 0 amide bonds. The molecule has 0 saturated heterocycles. The number of rotatable bonds is 5. The lowest BCUT2D eigenvalue weighted by Crippen LogP contribution is -2.29. The zero-order valence-electron chi connectivity index (χ0n) is 7.86. The van der Waals surface area contributed by atoms with Crippen molar-refractivity contribution in [3.63, 3.8) is 0 Å². The number of aromatic nitrogens is 2. The average Bonchev–Trinajstić information content (AvgIpc) is 2.86. The lowest BCUT2D eigenvalue weighted by molar-refractivity contribution is 0.407. The normalized spacial score (nSPS) is 18.8. The molecule has 0 bridgehead atoms. The minimum absolute atomic E-state index is 0.645. The molecule has 0 spiro atoms. The van der Waals surface area contributed by atoms with E-state index in [0.717, 1.165) is 24.7 Å². The molecular formula is C9H15N3O. The SMILES string of the molecule is CC(NCCc1ncon1)C1CC1. The predicted molar refractivity (Wildman–Crippen MR) is 48.2 cm³/mol. The van der Waals surface area contributed by atoms with Gasteiger partial charge in [0.15, 0.2) is 5.82 Å². The van der Waals surface area contributed by atoms with Gasteiger partial charge in [0.1, 0.15) is 0 Å². The molecule has 0 radical (unpaired) electrons. The monoisotopic (exact) mass is 181 g/mol. The Kier molecular flexibility index (Phi) is 2.59. The standard InChI is InChI=1S/C9H15N3O/c1-7(8-2-3-8)10-5-4-9-11-6-13-12-9/h6-8,10H,2-5H2,1H3. The fourth-order valence-corrected chi connectivity index (χ4v) is 1.48. The molecule has 0 aliphatic heterocycles. The number of hydrogen-bond acceptors (Lipinski definition) is 4. The quantitative estimate of drug-likeness (QED) is 0.736. The maximum absolute atomic E-state index is 4.64. The van der Waals surface area contributed by atoms with Crippen LogP contribution >= 0.6 is 0 Å². The Morgan fingerprint density at radius 3 is 3.15 bits per heavy atom. The Labute approximate surface area is 77.7 Å². The second-order valence-corrected chi connectivity index (χ2v) is 3.68. The summed E-state index contributed by atoms with van der Waals surface area (Å²) >= 11 is 0. The Morgan fingerprint density at radius 1 is 1.69 bits per heavy atom. The van der Waals surface area contributed by atoms with Crippen molar-refractivity contribution in [1.82, 2.24) is 15.5 Å². The van der Waals surface area contributed by atoms with Crippen molar-refractivity contribution in [2.75, 3.05) is 6.54 Å². The highest BCUT2D eigenvalue weighted by Gasteiger charge is 2.27. The van der Waals surface area contributed by atoms with Gasteiger partial charge in [-0.15, -0.1) is 0 Å². The molecule has 72 valence electrons. The lowest BCUT2D eigenvalue weighted by Gasteiger charge is -2.10. The lowest BCUT2D eigenvalue weighted by atomic mass is 10.2. The molecule has 1 heterocycles. The molecule has 1 aliphatic carbocycles. The Hall–Kier alpha value is -0.900. The summed E-state index contributed by atoms with van der Waals surface area (Å²) in [5.41, 5.74) is 0. The second-order valence-electron chi connectivity index (χ2n) is 3.68. The largest absolute Gasteiger partial charge is 0.343 e. The third-order valence-electron chi connectivity index (χ3n) is 2.55. The van der Waals surface area contributed by atoms with Crippen molar-refractivity contribution in [2.45, 2.75) is 32.2 Å². The summed E-state index contributed by atoms with van der Waals surface area (Å²) in [4.78, 5) is 3.96. The molecule has 1 aromatic heterocycles. The van der Waals surface area contributed by atoms with Crippen molar-refractivity contribution < 1.29 is 4.52 Å². The van der Waals surface area contributed by atoms with Crippen molar-refractivity contribution >= 4 is 0 Å². The highest BCUT2D eigenvalue weighted by Crippen LogP contribution is 2.32. The van der Waals surface area contributed by atoms with Crippen LogP contribution < -0.4 is 5.32 Å². The molecule has 1 aromatic rings. The van der Waals surface area contributed by atoms with Crippen molar-refractivity contribution in [3.8, 4) is 0 Å². The van der Waals surface area contributed by atoms with Gasteiger partial charge in [-0.2, -0.15) is 4.98 Å². The van der Waals surface area contributed by atoms with Crippen molar-refractivity contribution in [3.05, 3.63) is 12.2 Å². The summed E-state index contributed by atoms with van der Waals surface area (Å²) in [7, 11) is 0. The second kappa shape index (κ2) is 3.87. The minimum atomic E-state index is 0.645. The van der Waals surface area contributed by atoms with E-state index < -0.39 is 0 Å². The zero-order chi connectivity index (χ0) is 9.10. The molecule has 1 saturated carbocycles. The molecule has 0 aromatic carbocycles. The first-order valence-electron chi connectivity index (χ1n) is 4.85. The molecule has 4 nitrogen and oxygen atoms in total. The fourth-order valence-electron chi connectivity index (χ4n) is 1.48. The fraction of sp³-hybridized carbons (Fsp3) is 0.778. The molecule has 2 rings (SSSR count). The summed E-state index contributed by atoms with van der Waals surface area (Å²) in [5, 5.41) is 7.21. The maximum atomic E-state index is 4.64. The molecule has 1 unspecified atom stereocenters. The summed E-state index contributed by atoms with van der Waals surface area (Å²) in [6, 6.07) is 0.645. The van der Waals surface area contributed by atoms with Gasteiger partial charge < -0.3 is 9.84 Å². The Bertz CT molecular complexity index is 243. The van der Waals surface area contributed by atoms with Gasteiger partial charge >= 0.3 is 0 Å². The van der Waals surface area contributed by atoms with Gasteiger partial charge in [-0.3, -0.25) is 0 Å². The molecule has 13 heavy (non-hydrogen) atoms. The first-order valence-corrected chi connectivity index (χ1v) is 4.85. The van der Waals surface area contributed by atoms with Gasteiger partial charge in [-0.25, -0.2) is 0 Å². The van der Waals surface area contributed by atoms with Crippen LogP contribution in [0.4, 0.5) is 0 Å². The summed E-state index contributed by atoms with van der Waals surface area (Å²) < 4.78 is 4.64. The van der Waals surface area contributed by atoms with E-state index in [1.54, 1.807) is 0 Å². The van der Waals surface area contributed by atoms with Gasteiger partial charge in [0.05, 0.1) is 0 Å². The average molecular weight is 181 g/mol. The smallest absolute Gasteiger partial charge is 0.213 e. The van der Waals surface area contributed by atoms with E-state index in [9.17, 15) is 0 Å². The summed E-state index contributed by atoms with van der Waals surface area (Å²) in [6.07, 6.45) is 5.00. The minimum Gasteiger partial charge on any atom is -0.343 e. The van der Waals surface area contributed by atoms with E-state index in [1.807, 2.05) is 0 Å². The molecule has 1 fully saturated rings. The molecule has 1 N–H and O–H groups in total. The van der Waals surface area contributed by atoms with Crippen LogP contribution in [-0.2, 0) is 6.42 Å². The first kappa shape index (κ1) is 8.69. The maximum Gasteiger partial charge on any atom is 0.213 e. The summed E-state index contributed by atoms with van der Waals surface area (Å²) in [5.74, 6) is 1.70. The molecule has 1 aliphatic rings. The number of nitrogens with one attached hydrogen (secondary N) is 1. The molecule has 4 heteroatoms. The third-order valence-corrected chi connectivity index (χ3v) is 2.55. The van der Waals surface area contributed by atoms with E-state index in [4.69, 9.17) is 0 Å². The third kappa shape index (κ3) is 2.52. The number of hydrogen-bond donors (Lipinski definition) is 1. The zero-order valence-corrected chi connectivity index (χ0v) is 7.86. The van der Waals surface area contributed by atoms with Crippen LogP contribution in [0.2, 0.25) is 0 Å². The van der Waals surface area contributed by atoms with E-state index in [2.05, 4.69) is 26.9 Å². The van der Waals surface area contributed by atoms with E-state index in [1.165, 1.54) is 19.2 Å². The van der Waals surface area contributed by atoms with Gasteiger partial charge in [0, 0.05) is 19.0 Å². The van der Waals surface area contributed by atoms with Crippen LogP contribution in [-0.4, -0.2) is 22.7 Å². The van der Waals surface area contributed by atoms with E-state index in [-0.39, 0.29) is 0 Å². The van der Waals surface area contributed by atoms with Crippen LogP contribution in [0, 0.1) is 5.92 Å². The first-order chi connectivity index (χ1) is 6.36. The predicted octanol–water partition coefficient (Wildman–Crippen LogP) is 1.00.